The molecule has 1 N–H and O–H groups in total. The summed E-state index contributed by atoms with van der Waals surface area (Å²) < 4.78 is 0. The first kappa shape index (κ1) is 11.6. The Labute approximate surface area is 97.1 Å². The van der Waals surface area contributed by atoms with Gasteiger partial charge in [0.05, 0.1) is 10.7 Å². The third-order valence-electron chi connectivity index (χ3n) is 1.64. The Balaban J connectivity index is 3.02. The molecule has 0 atom stereocenters. The number of amides is 1. The largest absolute Gasteiger partial charge is 0.324 e. The fraction of sp³-hybridized carbons (Fsp3) is 0.222. The summed E-state index contributed by atoms with van der Waals surface area (Å²) in [5, 5.41) is 3.54. The minimum absolute atomic E-state index is 0.0988. The lowest BCUT2D eigenvalue weighted by molar-refractivity contribution is -0.113. The highest BCUT2D eigenvalue weighted by Gasteiger charge is 2.08. The average Bonchev–Trinajstić information content (AvgIpc) is 2.10. The van der Waals surface area contributed by atoms with Crippen molar-refractivity contribution < 1.29 is 4.79 Å². The van der Waals surface area contributed by atoms with Gasteiger partial charge < -0.3 is 5.32 Å². The number of carbonyl (C=O) groups excluding carboxylic acids is 1. The second kappa shape index (κ2) is 4.87. The number of rotatable bonds is 2. The Morgan fingerprint density at radius 2 is 2.07 bits per heavy atom. The smallest absolute Gasteiger partial charge is 0.239 e. The lowest BCUT2D eigenvalue weighted by atomic mass is 10.2. The minimum atomic E-state index is -0.293. The molecule has 0 saturated carbocycles. The standard InChI is InChI=1S/C9H8Cl3NO/c1-5-2-6(11)3-7(12)9(5)13-8(14)4-10/h2-3H,4H2,1H3,(H,13,14). The number of anilines is 1. The number of carbonyl (C=O) groups is 1. The zero-order valence-corrected chi connectivity index (χ0v) is 9.67. The zero-order valence-electron chi connectivity index (χ0n) is 7.40. The Hall–Kier alpha value is -0.440. The van der Waals surface area contributed by atoms with Gasteiger partial charge in [0.25, 0.3) is 0 Å². The van der Waals surface area contributed by atoms with E-state index in [-0.39, 0.29) is 11.8 Å². The lowest BCUT2D eigenvalue weighted by Crippen LogP contribution is -2.13. The molecular formula is C9H8Cl3NO. The van der Waals surface area contributed by atoms with Crippen LogP contribution in [0, 0.1) is 6.92 Å². The van der Waals surface area contributed by atoms with Gasteiger partial charge in [0.1, 0.15) is 5.88 Å². The highest BCUT2D eigenvalue weighted by atomic mass is 35.5. The van der Waals surface area contributed by atoms with Crippen molar-refractivity contribution in [3.05, 3.63) is 27.7 Å². The second-order valence-corrected chi connectivity index (χ2v) is 3.87. The molecule has 14 heavy (non-hydrogen) atoms. The summed E-state index contributed by atoms with van der Waals surface area (Å²) in [6.45, 7) is 1.81. The van der Waals surface area contributed by atoms with Crippen LogP contribution in [-0.2, 0) is 4.79 Å². The van der Waals surface area contributed by atoms with Crippen molar-refractivity contribution in [3.8, 4) is 0 Å². The second-order valence-electron chi connectivity index (χ2n) is 2.76. The molecule has 0 fully saturated rings. The summed E-state index contributed by atoms with van der Waals surface area (Å²) >= 11 is 17.0. The highest BCUT2D eigenvalue weighted by Crippen LogP contribution is 2.29. The number of alkyl halides is 1. The van der Waals surface area contributed by atoms with Crippen LogP contribution in [-0.4, -0.2) is 11.8 Å². The van der Waals surface area contributed by atoms with Crippen molar-refractivity contribution in [1.29, 1.82) is 0 Å². The monoisotopic (exact) mass is 251 g/mol. The Morgan fingerprint density at radius 1 is 1.43 bits per heavy atom. The molecular weight excluding hydrogens is 244 g/mol. The molecule has 1 rings (SSSR count). The van der Waals surface area contributed by atoms with Gasteiger partial charge in [-0.2, -0.15) is 0 Å². The number of nitrogens with one attached hydrogen (secondary N) is 1. The summed E-state index contributed by atoms with van der Waals surface area (Å²) in [5.74, 6) is -0.391. The Kier molecular flexibility index (Phi) is 4.05. The topological polar surface area (TPSA) is 29.1 Å². The molecule has 0 aliphatic carbocycles. The zero-order chi connectivity index (χ0) is 10.7. The molecule has 1 aromatic carbocycles. The number of aryl methyl sites for hydroxylation is 1. The van der Waals surface area contributed by atoms with Gasteiger partial charge in [-0.25, -0.2) is 0 Å². The fourth-order valence-electron chi connectivity index (χ4n) is 1.03. The molecule has 0 bridgehead atoms. The molecule has 0 aliphatic rings. The number of halogens is 3. The van der Waals surface area contributed by atoms with Gasteiger partial charge in [-0.3, -0.25) is 4.79 Å². The molecule has 1 aromatic rings. The molecule has 0 heterocycles. The predicted molar refractivity (Wildman–Crippen MR) is 60.5 cm³/mol. The van der Waals surface area contributed by atoms with Crippen LogP contribution in [0.5, 0.6) is 0 Å². The summed E-state index contributed by atoms with van der Waals surface area (Å²) in [5.41, 5.74) is 1.36. The van der Waals surface area contributed by atoms with Crippen molar-refractivity contribution in [2.45, 2.75) is 6.92 Å². The number of benzene rings is 1. The van der Waals surface area contributed by atoms with E-state index in [1.54, 1.807) is 12.1 Å². The van der Waals surface area contributed by atoms with Gasteiger partial charge in [-0.05, 0) is 24.6 Å². The van der Waals surface area contributed by atoms with Gasteiger partial charge in [0, 0.05) is 5.02 Å². The maximum absolute atomic E-state index is 11.0. The van der Waals surface area contributed by atoms with E-state index in [4.69, 9.17) is 34.8 Å². The minimum Gasteiger partial charge on any atom is -0.324 e. The molecule has 0 spiro atoms. The maximum Gasteiger partial charge on any atom is 0.239 e. The average molecular weight is 253 g/mol. The highest BCUT2D eigenvalue weighted by molar-refractivity contribution is 6.37. The summed E-state index contributed by atoms with van der Waals surface area (Å²) in [6, 6.07) is 3.29. The van der Waals surface area contributed by atoms with Gasteiger partial charge in [-0.1, -0.05) is 23.2 Å². The van der Waals surface area contributed by atoms with Crippen molar-refractivity contribution >= 4 is 46.4 Å². The van der Waals surface area contributed by atoms with Crippen molar-refractivity contribution in [2.75, 3.05) is 11.2 Å². The van der Waals surface area contributed by atoms with Crippen LogP contribution in [0.15, 0.2) is 12.1 Å². The fourth-order valence-corrected chi connectivity index (χ4v) is 1.74. The molecule has 76 valence electrons. The molecule has 2 nitrogen and oxygen atoms in total. The summed E-state index contributed by atoms with van der Waals surface area (Å²) in [7, 11) is 0. The maximum atomic E-state index is 11.0. The molecule has 0 aromatic heterocycles. The van der Waals surface area contributed by atoms with Gasteiger partial charge in [0.15, 0.2) is 0 Å². The van der Waals surface area contributed by atoms with Crippen molar-refractivity contribution in [3.63, 3.8) is 0 Å². The first-order chi connectivity index (χ1) is 6.54. The van der Waals surface area contributed by atoms with Gasteiger partial charge >= 0.3 is 0 Å². The summed E-state index contributed by atoms with van der Waals surface area (Å²) in [6.07, 6.45) is 0. The van der Waals surface area contributed by atoms with E-state index in [0.717, 1.165) is 5.56 Å². The van der Waals surface area contributed by atoms with Gasteiger partial charge in [0.2, 0.25) is 5.91 Å². The predicted octanol–water partition coefficient (Wildman–Crippen LogP) is 3.48. The van der Waals surface area contributed by atoms with E-state index in [9.17, 15) is 4.79 Å². The van der Waals surface area contributed by atoms with Crippen LogP contribution in [0.2, 0.25) is 10.0 Å². The number of hydrogen-bond donors (Lipinski definition) is 1. The third kappa shape index (κ3) is 2.77. The molecule has 0 saturated heterocycles. The molecule has 5 heteroatoms. The Morgan fingerprint density at radius 3 is 2.57 bits per heavy atom. The Bertz CT molecular complexity index is 342. The van der Waals surface area contributed by atoms with Crippen LogP contribution in [0.4, 0.5) is 5.69 Å². The molecule has 0 radical (unpaired) electrons. The lowest BCUT2D eigenvalue weighted by Gasteiger charge is -2.09. The molecule has 1 amide bonds. The van der Waals surface area contributed by atoms with Crippen molar-refractivity contribution in [2.24, 2.45) is 0 Å². The van der Waals surface area contributed by atoms with Crippen LogP contribution >= 0.6 is 34.8 Å². The normalized spacial score (nSPS) is 10.0. The SMILES string of the molecule is Cc1cc(Cl)cc(Cl)c1NC(=O)CCl. The third-order valence-corrected chi connectivity index (χ3v) is 2.40. The summed E-state index contributed by atoms with van der Waals surface area (Å²) in [4.78, 5) is 11.0. The van der Waals surface area contributed by atoms with E-state index in [1.807, 2.05) is 6.92 Å². The van der Waals surface area contributed by atoms with E-state index in [2.05, 4.69) is 5.32 Å². The number of hydrogen-bond acceptors (Lipinski definition) is 1. The van der Waals surface area contributed by atoms with E-state index in [1.165, 1.54) is 0 Å². The molecule has 0 aliphatic heterocycles. The van der Waals surface area contributed by atoms with Crippen LogP contribution in [0.3, 0.4) is 0 Å². The van der Waals surface area contributed by atoms with Crippen LogP contribution < -0.4 is 5.32 Å². The van der Waals surface area contributed by atoms with Crippen LogP contribution in [0.25, 0.3) is 0 Å². The van der Waals surface area contributed by atoms with E-state index >= 15 is 0 Å². The first-order valence-electron chi connectivity index (χ1n) is 3.86. The van der Waals surface area contributed by atoms with Gasteiger partial charge in [-0.15, -0.1) is 11.6 Å². The van der Waals surface area contributed by atoms with E-state index < -0.39 is 0 Å². The quantitative estimate of drug-likeness (QED) is 0.802. The molecule has 0 unspecified atom stereocenters. The van der Waals surface area contributed by atoms with Crippen LogP contribution in [0.1, 0.15) is 5.56 Å². The van der Waals surface area contributed by atoms with Crippen molar-refractivity contribution in [1.82, 2.24) is 0 Å². The first-order valence-corrected chi connectivity index (χ1v) is 5.15. The van der Waals surface area contributed by atoms with E-state index in [0.29, 0.717) is 15.7 Å².